The standard InChI is InChI=1S/C17H22N4/c1-12(2)17-19-9-16(15(20-17)8-18-3)21-10-13-6-4-5-7-14(13)11-21/h4-7,9,12,18H,8,10-11H2,1-3H3. The number of rotatable bonds is 4. The molecule has 0 bridgehead atoms. The Kier molecular flexibility index (Phi) is 3.88. The van der Waals surface area contributed by atoms with Gasteiger partial charge in [0.05, 0.1) is 17.6 Å². The first-order valence-electron chi connectivity index (χ1n) is 7.51. The second kappa shape index (κ2) is 5.82. The third kappa shape index (κ3) is 2.76. The van der Waals surface area contributed by atoms with Crippen LogP contribution >= 0.6 is 0 Å². The number of benzene rings is 1. The molecule has 1 aromatic heterocycles. The highest BCUT2D eigenvalue weighted by molar-refractivity contribution is 5.54. The number of fused-ring (bicyclic) bond motifs is 1. The number of aromatic nitrogens is 2. The van der Waals surface area contributed by atoms with E-state index in [0.29, 0.717) is 5.92 Å². The van der Waals surface area contributed by atoms with E-state index < -0.39 is 0 Å². The maximum atomic E-state index is 4.75. The highest BCUT2D eigenvalue weighted by Gasteiger charge is 2.22. The van der Waals surface area contributed by atoms with Crippen molar-refractivity contribution in [3.63, 3.8) is 0 Å². The lowest BCUT2D eigenvalue weighted by atomic mass is 10.1. The molecule has 1 N–H and O–H groups in total. The van der Waals surface area contributed by atoms with Crippen LogP contribution in [0.2, 0.25) is 0 Å². The van der Waals surface area contributed by atoms with Gasteiger partial charge in [0, 0.05) is 25.6 Å². The summed E-state index contributed by atoms with van der Waals surface area (Å²) in [6.07, 6.45) is 1.99. The van der Waals surface area contributed by atoms with Gasteiger partial charge in [0.25, 0.3) is 0 Å². The lowest BCUT2D eigenvalue weighted by Crippen LogP contribution is -2.21. The number of hydrogen-bond donors (Lipinski definition) is 1. The molecule has 110 valence electrons. The van der Waals surface area contributed by atoms with Crippen LogP contribution in [0.15, 0.2) is 30.5 Å². The van der Waals surface area contributed by atoms with Crippen LogP contribution < -0.4 is 10.2 Å². The summed E-state index contributed by atoms with van der Waals surface area (Å²) >= 11 is 0. The second-order valence-corrected chi connectivity index (χ2v) is 5.87. The van der Waals surface area contributed by atoms with Gasteiger partial charge in [0.15, 0.2) is 0 Å². The SMILES string of the molecule is CNCc1nc(C(C)C)ncc1N1Cc2ccccc2C1. The molecule has 4 heteroatoms. The topological polar surface area (TPSA) is 41.1 Å². The van der Waals surface area contributed by atoms with Crippen molar-refractivity contribution >= 4 is 5.69 Å². The Morgan fingerprint density at radius 2 is 1.86 bits per heavy atom. The quantitative estimate of drug-likeness (QED) is 0.936. The van der Waals surface area contributed by atoms with Crippen LogP contribution in [0.1, 0.15) is 42.4 Å². The minimum atomic E-state index is 0.352. The number of anilines is 1. The predicted octanol–water partition coefficient (Wildman–Crippen LogP) is 2.84. The number of nitrogens with zero attached hydrogens (tertiary/aromatic N) is 3. The van der Waals surface area contributed by atoms with Crippen molar-refractivity contribution in [3.05, 3.63) is 53.1 Å². The fourth-order valence-corrected chi connectivity index (χ4v) is 2.77. The minimum absolute atomic E-state index is 0.352. The van der Waals surface area contributed by atoms with Gasteiger partial charge in [-0.2, -0.15) is 0 Å². The van der Waals surface area contributed by atoms with Crippen LogP contribution in [-0.4, -0.2) is 17.0 Å². The van der Waals surface area contributed by atoms with E-state index in [0.717, 1.165) is 36.8 Å². The highest BCUT2D eigenvalue weighted by Crippen LogP contribution is 2.30. The van der Waals surface area contributed by atoms with Crippen LogP contribution in [-0.2, 0) is 19.6 Å². The summed E-state index contributed by atoms with van der Waals surface area (Å²) < 4.78 is 0. The van der Waals surface area contributed by atoms with Gasteiger partial charge in [-0.15, -0.1) is 0 Å². The van der Waals surface area contributed by atoms with Gasteiger partial charge in [-0.3, -0.25) is 0 Å². The molecule has 0 unspecified atom stereocenters. The lowest BCUT2D eigenvalue weighted by molar-refractivity contribution is 0.715. The van der Waals surface area contributed by atoms with Crippen molar-refractivity contribution in [1.82, 2.24) is 15.3 Å². The molecule has 1 aliphatic rings. The zero-order valence-electron chi connectivity index (χ0n) is 12.9. The Balaban J connectivity index is 1.92. The molecule has 0 fully saturated rings. The monoisotopic (exact) mass is 282 g/mol. The van der Waals surface area contributed by atoms with Crippen molar-refractivity contribution < 1.29 is 0 Å². The number of nitrogens with one attached hydrogen (secondary N) is 1. The summed E-state index contributed by atoms with van der Waals surface area (Å²) in [5.41, 5.74) is 5.04. The van der Waals surface area contributed by atoms with Crippen molar-refractivity contribution in [2.75, 3.05) is 11.9 Å². The molecule has 0 radical (unpaired) electrons. The average molecular weight is 282 g/mol. The summed E-state index contributed by atoms with van der Waals surface area (Å²) in [7, 11) is 1.96. The molecule has 0 spiro atoms. The van der Waals surface area contributed by atoms with E-state index in [1.807, 2.05) is 13.2 Å². The molecular weight excluding hydrogens is 260 g/mol. The van der Waals surface area contributed by atoms with Crippen molar-refractivity contribution in [3.8, 4) is 0 Å². The van der Waals surface area contributed by atoms with E-state index in [9.17, 15) is 0 Å². The van der Waals surface area contributed by atoms with E-state index in [-0.39, 0.29) is 0 Å². The van der Waals surface area contributed by atoms with Crippen molar-refractivity contribution in [2.45, 2.75) is 39.4 Å². The molecule has 4 nitrogen and oxygen atoms in total. The lowest BCUT2D eigenvalue weighted by Gasteiger charge is -2.21. The van der Waals surface area contributed by atoms with Crippen molar-refractivity contribution in [1.29, 1.82) is 0 Å². The van der Waals surface area contributed by atoms with Gasteiger partial charge in [0.1, 0.15) is 5.82 Å². The molecule has 2 aromatic rings. The third-order valence-electron chi connectivity index (χ3n) is 3.91. The zero-order chi connectivity index (χ0) is 14.8. The Labute approximate surface area is 126 Å². The van der Waals surface area contributed by atoms with Crippen LogP contribution in [0.5, 0.6) is 0 Å². The Morgan fingerprint density at radius 3 is 2.43 bits per heavy atom. The normalized spacial score (nSPS) is 13.8. The van der Waals surface area contributed by atoms with E-state index >= 15 is 0 Å². The third-order valence-corrected chi connectivity index (χ3v) is 3.91. The van der Waals surface area contributed by atoms with Gasteiger partial charge in [0.2, 0.25) is 0 Å². The Bertz CT molecular complexity index is 611. The maximum Gasteiger partial charge on any atom is 0.131 e. The van der Waals surface area contributed by atoms with Gasteiger partial charge < -0.3 is 10.2 Å². The first-order chi connectivity index (χ1) is 10.2. The fraction of sp³-hybridized carbons (Fsp3) is 0.412. The summed E-state index contributed by atoms with van der Waals surface area (Å²) in [5, 5.41) is 3.22. The summed E-state index contributed by atoms with van der Waals surface area (Å²) in [5.74, 6) is 1.27. The molecule has 0 saturated heterocycles. The van der Waals surface area contributed by atoms with Crippen LogP contribution in [0.3, 0.4) is 0 Å². The van der Waals surface area contributed by atoms with Crippen LogP contribution in [0.25, 0.3) is 0 Å². The smallest absolute Gasteiger partial charge is 0.131 e. The fourth-order valence-electron chi connectivity index (χ4n) is 2.77. The first kappa shape index (κ1) is 14.0. The highest BCUT2D eigenvalue weighted by atomic mass is 15.2. The minimum Gasteiger partial charge on any atom is -0.360 e. The van der Waals surface area contributed by atoms with E-state index in [2.05, 4.69) is 53.3 Å². The van der Waals surface area contributed by atoms with Gasteiger partial charge in [-0.1, -0.05) is 38.1 Å². The molecular formula is C17H22N4. The summed E-state index contributed by atoms with van der Waals surface area (Å²) in [6, 6.07) is 8.62. The average Bonchev–Trinajstić information content (AvgIpc) is 2.91. The summed E-state index contributed by atoms with van der Waals surface area (Å²) in [4.78, 5) is 11.7. The summed E-state index contributed by atoms with van der Waals surface area (Å²) in [6.45, 7) is 6.91. The van der Waals surface area contributed by atoms with Gasteiger partial charge >= 0.3 is 0 Å². The van der Waals surface area contributed by atoms with E-state index in [4.69, 9.17) is 4.98 Å². The molecule has 21 heavy (non-hydrogen) atoms. The molecule has 1 aromatic carbocycles. The molecule has 0 atom stereocenters. The predicted molar refractivity (Wildman–Crippen MR) is 85.2 cm³/mol. The largest absolute Gasteiger partial charge is 0.360 e. The van der Waals surface area contributed by atoms with Gasteiger partial charge in [-0.05, 0) is 18.2 Å². The molecule has 0 amide bonds. The molecule has 3 rings (SSSR count). The molecule has 2 heterocycles. The van der Waals surface area contributed by atoms with Crippen LogP contribution in [0.4, 0.5) is 5.69 Å². The maximum absolute atomic E-state index is 4.75. The zero-order valence-corrected chi connectivity index (χ0v) is 12.9. The number of hydrogen-bond acceptors (Lipinski definition) is 4. The van der Waals surface area contributed by atoms with Crippen LogP contribution in [0, 0.1) is 0 Å². The first-order valence-corrected chi connectivity index (χ1v) is 7.51. The van der Waals surface area contributed by atoms with Crippen molar-refractivity contribution in [2.24, 2.45) is 0 Å². The van der Waals surface area contributed by atoms with E-state index in [1.165, 1.54) is 11.1 Å². The molecule has 1 aliphatic heterocycles. The second-order valence-electron chi connectivity index (χ2n) is 5.87. The van der Waals surface area contributed by atoms with Gasteiger partial charge in [-0.25, -0.2) is 9.97 Å². The van der Waals surface area contributed by atoms with E-state index in [1.54, 1.807) is 0 Å². The molecule has 0 aliphatic carbocycles. The Morgan fingerprint density at radius 1 is 1.19 bits per heavy atom. The Hall–Kier alpha value is -1.94. The molecule has 0 saturated carbocycles.